The number of aromatic nitrogens is 1. The number of hydrogen-bond acceptors (Lipinski definition) is 6. The third-order valence-corrected chi connectivity index (χ3v) is 9.71. The van der Waals surface area contributed by atoms with Crippen molar-refractivity contribution in [2.45, 2.75) is 32.9 Å². The normalized spacial score (nSPS) is 19.6. The molecule has 6 nitrogen and oxygen atoms in total. The molecule has 43 heavy (non-hydrogen) atoms. The van der Waals surface area contributed by atoms with Crippen LogP contribution < -0.4 is 15.0 Å². The average molecular weight is 642 g/mol. The van der Waals surface area contributed by atoms with Gasteiger partial charge in [-0.3, -0.25) is 4.90 Å². The predicted molar refractivity (Wildman–Crippen MR) is 183 cm³/mol. The van der Waals surface area contributed by atoms with Crippen LogP contribution in [0.15, 0.2) is 58.9 Å². The van der Waals surface area contributed by atoms with Gasteiger partial charge in [0.2, 0.25) is 0 Å². The number of halogens is 2. The Hall–Kier alpha value is -2.61. The van der Waals surface area contributed by atoms with Gasteiger partial charge in [0.15, 0.2) is 11.6 Å². The fourth-order valence-corrected chi connectivity index (χ4v) is 7.00. The van der Waals surface area contributed by atoms with E-state index in [1.165, 1.54) is 5.56 Å². The van der Waals surface area contributed by atoms with Crippen LogP contribution in [-0.4, -0.2) is 73.8 Å². The van der Waals surface area contributed by atoms with Crippen molar-refractivity contribution in [1.82, 2.24) is 19.7 Å². The maximum absolute atomic E-state index is 16.3. The summed E-state index contributed by atoms with van der Waals surface area (Å²) in [7, 11) is 6.02. The van der Waals surface area contributed by atoms with Gasteiger partial charge in [0.25, 0.3) is 0 Å². The molecule has 2 aliphatic heterocycles. The largest absolute Gasteiger partial charge is 0.485 e. The number of thiophene rings is 1. The first kappa shape index (κ1) is 31.8. The van der Waals surface area contributed by atoms with Crippen LogP contribution >= 0.6 is 31.8 Å². The monoisotopic (exact) mass is 641 g/mol. The second-order valence-corrected chi connectivity index (χ2v) is 13.1. The smallest absolute Gasteiger partial charge is 0.170 e. The molecule has 1 aromatic carbocycles. The molecule has 1 fully saturated rings. The number of allylic oxidation sites excluding steroid dienone is 3. The Morgan fingerprint density at radius 1 is 1.28 bits per heavy atom. The summed E-state index contributed by atoms with van der Waals surface area (Å²) in [5.74, 6) is 0.238. The van der Waals surface area contributed by atoms with Crippen molar-refractivity contribution < 1.29 is 9.13 Å². The van der Waals surface area contributed by atoms with Crippen LogP contribution in [-0.2, 0) is 6.54 Å². The van der Waals surface area contributed by atoms with Crippen LogP contribution in [0.25, 0.3) is 16.6 Å². The molecule has 0 aliphatic carbocycles. The van der Waals surface area contributed by atoms with Crippen molar-refractivity contribution in [1.29, 1.82) is 0 Å². The number of hydrogen-bond donors (Lipinski definition) is 1. The fourth-order valence-electron chi connectivity index (χ4n) is 5.80. The topological polar surface area (TPSA) is 35.9 Å². The van der Waals surface area contributed by atoms with Gasteiger partial charge in [-0.25, -0.2) is 4.39 Å². The molecule has 1 unspecified atom stereocenters. The van der Waals surface area contributed by atoms with Gasteiger partial charge in [-0.1, -0.05) is 31.2 Å². The number of piperazine rings is 1. The molecule has 0 saturated carbocycles. The first-order chi connectivity index (χ1) is 20.8. The van der Waals surface area contributed by atoms with E-state index in [4.69, 9.17) is 16.3 Å². The number of ether oxygens (including phenoxy) is 1. The summed E-state index contributed by atoms with van der Waals surface area (Å²) in [5, 5.41) is 9.12. The molecule has 0 spiro atoms. The summed E-state index contributed by atoms with van der Waals surface area (Å²) in [6, 6.07) is 3.73. The Labute approximate surface area is 265 Å². The van der Waals surface area contributed by atoms with Crippen molar-refractivity contribution in [3.8, 4) is 5.75 Å². The molecule has 2 aliphatic rings. The maximum atomic E-state index is 16.3. The number of nitrogens with one attached hydrogen (secondary N) is 1. The van der Waals surface area contributed by atoms with E-state index >= 15 is 4.39 Å². The van der Waals surface area contributed by atoms with Gasteiger partial charge < -0.3 is 24.4 Å². The molecular formula is C33H42ClFN5OPS. The molecule has 5 rings (SSSR count). The van der Waals surface area contributed by atoms with Gasteiger partial charge in [-0.05, 0) is 67.5 Å². The molecule has 1 atom stereocenters. The number of likely N-dealkylation sites (N-methyl/N-ethyl adjacent to an activating group) is 1. The molecule has 3 aromatic rings. The first-order valence-corrected chi connectivity index (χ1v) is 16.8. The molecular weight excluding hydrogens is 600 g/mol. The molecule has 10 heteroatoms. The van der Waals surface area contributed by atoms with Crippen molar-refractivity contribution in [2.24, 2.45) is 0 Å². The van der Waals surface area contributed by atoms with Crippen LogP contribution in [0.5, 0.6) is 5.75 Å². The molecule has 1 N–H and O–H groups in total. The van der Waals surface area contributed by atoms with E-state index in [9.17, 15) is 0 Å². The van der Waals surface area contributed by atoms with Crippen LogP contribution in [0, 0.1) is 10.8 Å². The minimum Gasteiger partial charge on any atom is -0.485 e. The van der Waals surface area contributed by atoms with E-state index in [1.807, 2.05) is 12.2 Å². The lowest BCUT2D eigenvalue weighted by Gasteiger charge is -2.37. The Kier molecular flexibility index (Phi) is 10.7. The Morgan fingerprint density at radius 3 is 2.79 bits per heavy atom. The Morgan fingerprint density at radius 2 is 2.07 bits per heavy atom. The maximum Gasteiger partial charge on any atom is 0.170 e. The highest BCUT2D eigenvalue weighted by Crippen LogP contribution is 2.42. The van der Waals surface area contributed by atoms with Crippen molar-refractivity contribution >= 4 is 54.1 Å². The first-order valence-electron chi connectivity index (χ1n) is 15.0. The summed E-state index contributed by atoms with van der Waals surface area (Å²) in [5.41, 5.74) is 4.32. The van der Waals surface area contributed by atoms with Crippen molar-refractivity contribution in [3.05, 3.63) is 80.8 Å². The van der Waals surface area contributed by atoms with Gasteiger partial charge in [-0.2, -0.15) is 11.3 Å². The van der Waals surface area contributed by atoms with Gasteiger partial charge in [0.05, 0.1) is 5.52 Å². The highest BCUT2D eigenvalue weighted by molar-refractivity contribution is 7.08. The number of benzene rings is 1. The van der Waals surface area contributed by atoms with Gasteiger partial charge >= 0.3 is 0 Å². The quantitative estimate of drug-likeness (QED) is 0.234. The highest BCUT2D eigenvalue weighted by atomic mass is 35.5. The number of pyridine rings is 1. The van der Waals surface area contributed by atoms with Gasteiger partial charge in [0, 0.05) is 84.7 Å². The zero-order chi connectivity index (χ0) is 30.5. The minimum absolute atomic E-state index is 0.0830. The van der Waals surface area contributed by atoms with Crippen molar-refractivity contribution in [2.75, 3.05) is 64.4 Å². The number of rotatable bonds is 10. The van der Waals surface area contributed by atoms with Crippen molar-refractivity contribution in [3.63, 3.8) is 0 Å². The van der Waals surface area contributed by atoms with E-state index < -0.39 is 0 Å². The lowest BCUT2D eigenvalue weighted by molar-refractivity contribution is 0.248. The molecule has 0 bridgehead atoms. The summed E-state index contributed by atoms with van der Waals surface area (Å²) in [6.45, 7) is 15.6. The van der Waals surface area contributed by atoms with Crippen LogP contribution in [0.1, 0.15) is 37.4 Å². The standard InChI is InChI=1S/C33H42ClFN5OPS/c1-5-11-37(4)12-10-36-24(3)28-21-40-23(2)6-7-26(34)8-17-41-32-30(40)27(33(28)42)19-29(35)31(32)39-15-13-38(14-16-39)20-25-9-18-43-22-25/h6-9,18-19,21-23,36,42H,3,5,10-17,20H2,1-2,4H3/b7-6-,26-8+. The third kappa shape index (κ3) is 7.38. The molecule has 230 valence electrons. The zero-order valence-electron chi connectivity index (χ0n) is 25.3. The summed E-state index contributed by atoms with van der Waals surface area (Å²) in [4.78, 5) is 7.63. The SMILES string of the molecule is C=C(NCCN(C)CCC)c1cn2c3c(c(N4CCN(Cc5ccsc5)CC4)c(F)cc3c1=P)OC/C=C(Cl)\C=C/C2C. The van der Waals surface area contributed by atoms with E-state index in [0.717, 1.165) is 72.8 Å². The molecule has 2 aromatic heterocycles. The molecule has 0 amide bonds. The van der Waals surface area contributed by atoms with E-state index in [0.29, 0.717) is 29.6 Å². The van der Waals surface area contributed by atoms with Crippen LogP contribution in [0.3, 0.4) is 0 Å². The lowest BCUT2D eigenvalue weighted by Crippen LogP contribution is -2.46. The summed E-state index contributed by atoms with van der Waals surface area (Å²) in [6.07, 6.45) is 8.98. The lowest BCUT2D eigenvalue weighted by atomic mass is 10.1. The van der Waals surface area contributed by atoms with Crippen LogP contribution in [0.2, 0.25) is 0 Å². The van der Waals surface area contributed by atoms with Gasteiger partial charge in [0.1, 0.15) is 12.3 Å². The Balaban J connectivity index is 1.54. The number of nitrogens with zero attached hydrogens (tertiary/aromatic N) is 4. The molecule has 4 heterocycles. The number of anilines is 1. The van der Waals surface area contributed by atoms with Gasteiger partial charge in [-0.15, -0.1) is 8.86 Å². The fraction of sp³-hybridized carbons (Fsp3) is 0.424. The predicted octanol–water partition coefficient (Wildman–Crippen LogP) is 7.37. The van der Waals surface area contributed by atoms with Crippen LogP contribution in [0.4, 0.5) is 10.1 Å². The zero-order valence-corrected chi connectivity index (χ0v) is 27.9. The molecule has 0 radical (unpaired) electrons. The summed E-state index contributed by atoms with van der Waals surface area (Å²) < 4.78 is 24.9. The average Bonchev–Trinajstić information content (AvgIpc) is 3.50. The van der Waals surface area contributed by atoms with E-state index in [1.54, 1.807) is 17.4 Å². The molecule has 1 saturated heterocycles. The highest BCUT2D eigenvalue weighted by Gasteiger charge is 2.28. The third-order valence-electron chi connectivity index (χ3n) is 8.16. The Bertz CT molecular complexity index is 1560. The summed E-state index contributed by atoms with van der Waals surface area (Å²) >= 11 is 8.20. The van der Waals surface area contributed by atoms with E-state index in [2.05, 4.69) is 90.0 Å². The second-order valence-electron chi connectivity index (χ2n) is 11.4. The second kappa shape index (κ2) is 14.4. The van der Waals surface area contributed by atoms with E-state index in [-0.39, 0.29) is 18.5 Å². The minimum atomic E-state index is -0.299.